The van der Waals surface area contributed by atoms with E-state index in [0.29, 0.717) is 11.5 Å². The molecule has 0 radical (unpaired) electrons. The van der Waals surface area contributed by atoms with E-state index in [1.165, 1.54) is 30.4 Å². The lowest BCUT2D eigenvalue weighted by Crippen LogP contribution is -2.40. The molecule has 1 N–H and O–H groups in total. The number of hydrogen-bond acceptors (Lipinski definition) is 5. The molecule has 2 rings (SSSR count). The minimum atomic E-state index is -0.618. The van der Waals surface area contributed by atoms with Gasteiger partial charge in [-0.25, -0.2) is 9.59 Å². The number of carbonyl (C=O) groups is 2. The first kappa shape index (κ1) is 27.8. The van der Waals surface area contributed by atoms with Crippen LogP contribution in [0.5, 0.6) is 0 Å². The van der Waals surface area contributed by atoms with Crippen molar-refractivity contribution < 1.29 is 24.2 Å². The summed E-state index contributed by atoms with van der Waals surface area (Å²) in [6.07, 6.45) is 8.90. The van der Waals surface area contributed by atoms with Crippen molar-refractivity contribution in [1.29, 1.82) is 0 Å². The zero-order valence-electron chi connectivity index (χ0n) is 21.2. The predicted molar refractivity (Wildman–Crippen MR) is 135 cm³/mol. The van der Waals surface area contributed by atoms with Gasteiger partial charge in [-0.1, -0.05) is 64.1 Å². The third kappa shape index (κ3) is 8.12. The molecule has 1 aromatic carbocycles. The molecule has 1 aliphatic rings. The summed E-state index contributed by atoms with van der Waals surface area (Å²) in [6.45, 7) is 12.8. The van der Waals surface area contributed by atoms with Crippen LogP contribution in [0.2, 0.25) is 0 Å². The Hall–Kier alpha value is -2.40. The lowest BCUT2D eigenvalue weighted by molar-refractivity contribution is -0.152. The maximum absolute atomic E-state index is 12.1. The molecule has 1 atom stereocenters. The van der Waals surface area contributed by atoms with Crippen molar-refractivity contribution in [2.75, 3.05) is 19.8 Å². The number of esters is 2. The van der Waals surface area contributed by atoms with Gasteiger partial charge in [-0.2, -0.15) is 0 Å². The number of aliphatic hydroxyl groups excluding tert-OH is 1. The summed E-state index contributed by atoms with van der Waals surface area (Å²) in [5.74, 6) is -0.303. The Kier molecular flexibility index (Phi) is 11.0. The van der Waals surface area contributed by atoms with Crippen LogP contribution in [0.15, 0.2) is 48.6 Å². The van der Waals surface area contributed by atoms with Crippen LogP contribution in [0.3, 0.4) is 0 Å². The lowest BCUT2D eigenvalue weighted by Gasteiger charge is -2.41. The van der Waals surface area contributed by atoms with Crippen molar-refractivity contribution in [2.24, 2.45) is 11.3 Å². The number of ether oxygens (including phenoxy) is 2. The molecule has 1 saturated carbocycles. The van der Waals surface area contributed by atoms with Crippen molar-refractivity contribution in [3.8, 4) is 0 Å². The Morgan fingerprint density at radius 1 is 1.00 bits per heavy atom. The molecule has 0 aliphatic heterocycles. The van der Waals surface area contributed by atoms with Crippen LogP contribution in [-0.4, -0.2) is 36.9 Å². The van der Waals surface area contributed by atoms with Crippen molar-refractivity contribution >= 4 is 11.9 Å². The van der Waals surface area contributed by atoms with Gasteiger partial charge in [0.2, 0.25) is 0 Å². The standard InChI is InChI=1S/C29H42O5/c1-6-7-8-9-23-10-12-24(13-11-23)25-14-16-26(17-15-25)29(5,19-33-27(31)21(2)3)20-34-28(32)22(4)18-30/h10-13,25-26,30H,2,4,6-9,14-20H2,1,3,5H3. The highest BCUT2D eigenvalue weighted by Gasteiger charge is 2.39. The zero-order chi connectivity index (χ0) is 25.1. The van der Waals surface area contributed by atoms with Gasteiger partial charge in [0.05, 0.1) is 12.2 Å². The van der Waals surface area contributed by atoms with Crippen LogP contribution in [0, 0.1) is 11.3 Å². The fraction of sp³-hybridized carbons (Fsp3) is 0.586. The third-order valence-corrected chi connectivity index (χ3v) is 7.13. The van der Waals surface area contributed by atoms with Crippen LogP contribution in [-0.2, 0) is 25.5 Å². The second kappa shape index (κ2) is 13.5. The molecule has 1 aromatic rings. The van der Waals surface area contributed by atoms with Crippen molar-refractivity contribution in [1.82, 2.24) is 0 Å². The minimum absolute atomic E-state index is 0.0168. The maximum atomic E-state index is 12.1. The van der Waals surface area contributed by atoms with Gasteiger partial charge in [-0.15, -0.1) is 0 Å². The zero-order valence-corrected chi connectivity index (χ0v) is 21.2. The molecule has 1 aliphatic carbocycles. The van der Waals surface area contributed by atoms with Gasteiger partial charge in [0, 0.05) is 11.0 Å². The first-order valence-corrected chi connectivity index (χ1v) is 12.6. The molecule has 188 valence electrons. The smallest absolute Gasteiger partial charge is 0.335 e. The molecule has 0 saturated heterocycles. The summed E-state index contributed by atoms with van der Waals surface area (Å²) in [5.41, 5.74) is 2.63. The van der Waals surface area contributed by atoms with E-state index in [-0.39, 0.29) is 24.7 Å². The van der Waals surface area contributed by atoms with Crippen LogP contribution in [0.25, 0.3) is 0 Å². The Morgan fingerprint density at radius 3 is 2.12 bits per heavy atom. The van der Waals surface area contributed by atoms with Gasteiger partial charge in [-0.3, -0.25) is 0 Å². The summed E-state index contributed by atoms with van der Waals surface area (Å²) in [6, 6.07) is 9.10. The highest BCUT2D eigenvalue weighted by molar-refractivity contribution is 5.88. The lowest BCUT2D eigenvalue weighted by atomic mass is 9.67. The van der Waals surface area contributed by atoms with Crippen LogP contribution in [0.4, 0.5) is 0 Å². The van der Waals surface area contributed by atoms with Crippen LogP contribution in [0.1, 0.15) is 82.8 Å². The molecule has 1 fully saturated rings. The van der Waals surface area contributed by atoms with Gasteiger partial charge < -0.3 is 14.6 Å². The minimum Gasteiger partial charge on any atom is -0.462 e. The summed E-state index contributed by atoms with van der Waals surface area (Å²) in [5, 5.41) is 9.15. The van der Waals surface area contributed by atoms with Crippen LogP contribution >= 0.6 is 0 Å². The average Bonchev–Trinajstić information content (AvgIpc) is 2.86. The molecular weight excluding hydrogens is 428 g/mol. The highest BCUT2D eigenvalue weighted by atomic mass is 16.5. The fourth-order valence-electron chi connectivity index (χ4n) is 4.69. The number of rotatable bonds is 13. The molecule has 0 bridgehead atoms. The summed E-state index contributed by atoms with van der Waals surface area (Å²) >= 11 is 0. The van der Waals surface area contributed by atoms with Gasteiger partial charge in [0.15, 0.2) is 0 Å². The Morgan fingerprint density at radius 2 is 1.59 bits per heavy atom. The number of aryl methyl sites for hydroxylation is 1. The monoisotopic (exact) mass is 470 g/mol. The largest absolute Gasteiger partial charge is 0.462 e. The van der Waals surface area contributed by atoms with E-state index in [1.807, 2.05) is 6.92 Å². The van der Waals surface area contributed by atoms with Crippen molar-refractivity contribution in [3.63, 3.8) is 0 Å². The molecular formula is C29H42O5. The van der Waals surface area contributed by atoms with Crippen molar-refractivity contribution in [3.05, 3.63) is 59.7 Å². The number of hydrogen-bond donors (Lipinski definition) is 1. The summed E-state index contributed by atoms with van der Waals surface area (Å²) in [4.78, 5) is 24.1. The van der Waals surface area contributed by atoms with E-state index >= 15 is 0 Å². The van der Waals surface area contributed by atoms with Crippen molar-refractivity contribution in [2.45, 2.75) is 78.1 Å². The van der Waals surface area contributed by atoms with E-state index in [9.17, 15) is 9.59 Å². The molecule has 34 heavy (non-hydrogen) atoms. The van der Waals surface area contributed by atoms with Gasteiger partial charge in [0.1, 0.15) is 13.2 Å². The first-order chi connectivity index (χ1) is 16.2. The van der Waals surface area contributed by atoms with E-state index in [0.717, 1.165) is 32.1 Å². The van der Waals surface area contributed by atoms with Crippen LogP contribution < -0.4 is 0 Å². The Bertz CT molecular complexity index is 833. The molecule has 0 spiro atoms. The molecule has 5 nitrogen and oxygen atoms in total. The fourth-order valence-corrected chi connectivity index (χ4v) is 4.69. The summed E-state index contributed by atoms with van der Waals surface area (Å²) in [7, 11) is 0. The molecule has 0 aromatic heterocycles. The Labute approximate surface area is 205 Å². The molecule has 1 unspecified atom stereocenters. The Balaban J connectivity index is 2.01. The van der Waals surface area contributed by atoms with Gasteiger partial charge >= 0.3 is 11.9 Å². The highest BCUT2D eigenvalue weighted by Crippen LogP contribution is 2.44. The number of benzene rings is 1. The topological polar surface area (TPSA) is 72.8 Å². The number of carbonyl (C=O) groups excluding carboxylic acids is 2. The second-order valence-corrected chi connectivity index (χ2v) is 10.1. The quantitative estimate of drug-likeness (QED) is 0.220. The molecule has 5 heteroatoms. The van der Waals surface area contributed by atoms with Gasteiger partial charge in [0.25, 0.3) is 0 Å². The van der Waals surface area contributed by atoms with E-state index in [4.69, 9.17) is 14.6 Å². The second-order valence-electron chi connectivity index (χ2n) is 10.1. The van der Waals surface area contributed by atoms with E-state index in [1.54, 1.807) is 6.92 Å². The summed E-state index contributed by atoms with van der Waals surface area (Å²) < 4.78 is 11.0. The maximum Gasteiger partial charge on any atom is 0.335 e. The van der Waals surface area contributed by atoms with Gasteiger partial charge in [-0.05, 0) is 68.4 Å². The first-order valence-electron chi connectivity index (χ1n) is 12.6. The molecule has 0 amide bonds. The third-order valence-electron chi connectivity index (χ3n) is 7.13. The number of aliphatic hydroxyl groups is 1. The van der Waals surface area contributed by atoms with E-state index in [2.05, 4.69) is 44.3 Å². The SMILES string of the molecule is C=C(C)C(=O)OCC(C)(COC(=O)C(=C)CO)C1CCC(c2ccc(CCCCC)cc2)CC1. The normalized spacial score (nSPS) is 19.6. The van der Waals surface area contributed by atoms with E-state index < -0.39 is 24.0 Å². The average molecular weight is 471 g/mol. The number of unbranched alkanes of at least 4 members (excludes halogenated alkanes) is 2. The molecule has 0 heterocycles. The predicted octanol–water partition coefficient (Wildman–Crippen LogP) is 5.91.